The molecule has 2 aromatic heterocycles. The van der Waals surface area contributed by atoms with Crippen LogP contribution in [0, 0.1) is 0 Å². The molecule has 0 atom stereocenters. The number of benzene rings is 1. The molecule has 134 valence electrons. The highest BCUT2D eigenvalue weighted by atomic mass is 32.2. The van der Waals surface area contributed by atoms with Gasteiger partial charge < -0.3 is 14.3 Å². The van der Waals surface area contributed by atoms with Crippen LogP contribution in [0.1, 0.15) is 22.5 Å². The van der Waals surface area contributed by atoms with Gasteiger partial charge in [0.1, 0.15) is 0 Å². The molecule has 8 heteroatoms. The first-order chi connectivity index (χ1) is 12.8. The van der Waals surface area contributed by atoms with Crippen molar-refractivity contribution in [3.8, 4) is 11.6 Å². The van der Waals surface area contributed by atoms with E-state index in [-0.39, 0.29) is 12.3 Å². The maximum Gasteiger partial charge on any atom is 0.238 e. The Morgan fingerprint density at radius 1 is 1.23 bits per heavy atom. The molecule has 6 nitrogen and oxygen atoms in total. The number of aromatic nitrogens is 2. The first-order valence-electron chi connectivity index (χ1n) is 8.27. The van der Waals surface area contributed by atoms with Crippen molar-refractivity contribution in [2.45, 2.75) is 17.4 Å². The fourth-order valence-corrected chi connectivity index (χ4v) is 5.46. The average molecular weight is 387 g/mol. The van der Waals surface area contributed by atoms with Crippen molar-refractivity contribution in [3.05, 3.63) is 54.1 Å². The molecule has 26 heavy (non-hydrogen) atoms. The average Bonchev–Trinajstić information content (AvgIpc) is 3.42. The molecule has 1 fully saturated rings. The number of hydrogen-bond acceptors (Lipinski definition) is 7. The first-order valence-corrected chi connectivity index (χ1v) is 10.4. The second kappa shape index (κ2) is 8.01. The van der Waals surface area contributed by atoms with Crippen LogP contribution in [-0.2, 0) is 11.2 Å². The van der Waals surface area contributed by atoms with E-state index in [2.05, 4.69) is 27.6 Å². The third-order valence-corrected chi connectivity index (χ3v) is 6.94. The summed E-state index contributed by atoms with van der Waals surface area (Å²) in [5.41, 5.74) is 2.07. The van der Waals surface area contributed by atoms with E-state index in [4.69, 9.17) is 8.94 Å². The molecule has 0 aliphatic carbocycles. The molecule has 0 bridgehead atoms. The highest BCUT2D eigenvalue weighted by molar-refractivity contribution is 8.19. The third kappa shape index (κ3) is 4.13. The molecule has 1 aliphatic rings. The number of rotatable bonds is 6. The normalized spacial score (nSPS) is 14.6. The van der Waals surface area contributed by atoms with Crippen molar-refractivity contribution in [3.63, 3.8) is 0 Å². The van der Waals surface area contributed by atoms with E-state index in [9.17, 15) is 4.79 Å². The number of nitrogens with zero attached hydrogens (tertiary/aromatic N) is 2. The van der Waals surface area contributed by atoms with E-state index < -0.39 is 0 Å². The Hall–Kier alpha value is -2.19. The largest absolute Gasteiger partial charge is 0.461 e. The van der Waals surface area contributed by atoms with Crippen LogP contribution in [0.4, 0.5) is 5.69 Å². The molecule has 1 aliphatic heterocycles. The summed E-state index contributed by atoms with van der Waals surface area (Å²) in [6.45, 7) is 0. The quantitative estimate of drug-likeness (QED) is 0.672. The topological polar surface area (TPSA) is 81.2 Å². The SMILES string of the molecule is O=C(CCc1nc(-c2ccco2)no1)Nc1cccc(C2SCCS2)c1. The van der Waals surface area contributed by atoms with Gasteiger partial charge in [0.25, 0.3) is 0 Å². The molecule has 3 aromatic rings. The van der Waals surface area contributed by atoms with Crippen LogP contribution in [0.5, 0.6) is 0 Å². The van der Waals surface area contributed by atoms with E-state index in [1.807, 2.05) is 35.7 Å². The van der Waals surface area contributed by atoms with Crippen LogP contribution < -0.4 is 5.32 Å². The van der Waals surface area contributed by atoms with E-state index in [1.165, 1.54) is 17.1 Å². The number of furan rings is 1. The van der Waals surface area contributed by atoms with Gasteiger partial charge in [-0.3, -0.25) is 4.79 Å². The minimum absolute atomic E-state index is 0.0772. The monoisotopic (exact) mass is 387 g/mol. The number of thioether (sulfide) groups is 2. The van der Waals surface area contributed by atoms with Gasteiger partial charge >= 0.3 is 0 Å². The zero-order valence-corrected chi connectivity index (χ0v) is 15.5. The van der Waals surface area contributed by atoms with Gasteiger partial charge in [-0.2, -0.15) is 4.98 Å². The molecule has 1 saturated heterocycles. The van der Waals surface area contributed by atoms with Gasteiger partial charge in [0.05, 0.1) is 10.8 Å². The number of nitrogens with one attached hydrogen (secondary N) is 1. The highest BCUT2D eigenvalue weighted by Gasteiger charge is 2.18. The third-order valence-electron chi connectivity index (χ3n) is 3.84. The molecule has 3 heterocycles. The molecule has 0 radical (unpaired) electrons. The zero-order valence-electron chi connectivity index (χ0n) is 13.9. The maximum absolute atomic E-state index is 12.2. The highest BCUT2D eigenvalue weighted by Crippen LogP contribution is 2.45. The van der Waals surface area contributed by atoms with E-state index in [0.29, 0.717) is 28.5 Å². The Kier molecular flexibility index (Phi) is 5.31. The second-order valence-electron chi connectivity index (χ2n) is 5.74. The minimum Gasteiger partial charge on any atom is -0.461 e. The van der Waals surface area contributed by atoms with Crippen molar-refractivity contribution in [2.24, 2.45) is 0 Å². The van der Waals surface area contributed by atoms with Crippen molar-refractivity contribution in [1.29, 1.82) is 0 Å². The van der Waals surface area contributed by atoms with Gasteiger partial charge in [-0.05, 0) is 29.8 Å². The lowest BCUT2D eigenvalue weighted by molar-refractivity contribution is -0.116. The van der Waals surface area contributed by atoms with Crippen molar-refractivity contribution in [2.75, 3.05) is 16.8 Å². The fourth-order valence-electron chi connectivity index (χ4n) is 2.62. The molecule has 1 amide bonds. The van der Waals surface area contributed by atoms with Crippen molar-refractivity contribution >= 4 is 35.1 Å². The standard InChI is InChI=1S/C18H17N3O3S2/c22-15(6-7-16-20-17(21-24-16)14-5-2-8-23-14)19-13-4-1-3-12(11-13)18-25-9-10-26-18/h1-5,8,11,18H,6-7,9-10H2,(H,19,22). The summed E-state index contributed by atoms with van der Waals surface area (Å²) >= 11 is 3.89. The Morgan fingerprint density at radius 2 is 2.12 bits per heavy atom. The molecule has 4 rings (SSSR count). The first kappa shape index (κ1) is 17.2. The van der Waals surface area contributed by atoms with Gasteiger partial charge in [-0.25, -0.2) is 0 Å². The second-order valence-corrected chi connectivity index (χ2v) is 8.46. The summed E-state index contributed by atoms with van der Waals surface area (Å²) < 4.78 is 10.9. The number of carbonyl (C=O) groups excluding carboxylic acids is 1. The summed E-state index contributed by atoms with van der Waals surface area (Å²) in [6.07, 6.45) is 2.21. The van der Waals surface area contributed by atoms with Crippen LogP contribution in [0.15, 0.2) is 51.6 Å². The Morgan fingerprint density at radius 3 is 2.92 bits per heavy atom. The summed E-state index contributed by atoms with van der Waals surface area (Å²) in [5, 5.41) is 6.80. The van der Waals surface area contributed by atoms with Gasteiger partial charge in [0, 0.05) is 30.0 Å². The molecular formula is C18H17N3O3S2. The van der Waals surface area contributed by atoms with E-state index in [1.54, 1.807) is 18.4 Å². The van der Waals surface area contributed by atoms with Gasteiger partial charge in [0.15, 0.2) is 5.76 Å². The van der Waals surface area contributed by atoms with Crippen LogP contribution in [0.2, 0.25) is 0 Å². The lowest BCUT2D eigenvalue weighted by Gasteiger charge is -2.11. The number of anilines is 1. The molecular weight excluding hydrogens is 370 g/mol. The maximum atomic E-state index is 12.2. The van der Waals surface area contributed by atoms with E-state index in [0.717, 1.165) is 5.69 Å². The van der Waals surface area contributed by atoms with E-state index >= 15 is 0 Å². The molecule has 1 aromatic carbocycles. The minimum atomic E-state index is -0.0772. The van der Waals surface area contributed by atoms with Crippen LogP contribution in [0.25, 0.3) is 11.6 Å². The Labute approximate surface area is 159 Å². The number of amides is 1. The van der Waals surface area contributed by atoms with Crippen LogP contribution in [-0.4, -0.2) is 27.6 Å². The van der Waals surface area contributed by atoms with Crippen molar-refractivity contribution < 1.29 is 13.7 Å². The summed E-state index contributed by atoms with van der Waals surface area (Å²) in [6, 6.07) is 11.6. The number of carbonyl (C=O) groups is 1. The van der Waals surface area contributed by atoms with Crippen molar-refractivity contribution in [1.82, 2.24) is 10.1 Å². The summed E-state index contributed by atoms with van der Waals surface area (Å²) in [7, 11) is 0. The molecule has 0 spiro atoms. The molecule has 0 unspecified atom stereocenters. The lowest BCUT2D eigenvalue weighted by Crippen LogP contribution is -2.12. The molecule has 0 saturated carbocycles. The number of aryl methyl sites for hydroxylation is 1. The fraction of sp³-hybridized carbons (Fsp3) is 0.278. The molecule has 1 N–H and O–H groups in total. The Bertz CT molecular complexity index is 873. The zero-order chi connectivity index (χ0) is 17.8. The van der Waals surface area contributed by atoms with Crippen LogP contribution in [0.3, 0.4) is 0 Å². The van der Waals surface area contributed by atoms with Gasteiger partial charge in [-0.1, -0.05) is 17.3 Å². The Balaban J connectivity index is 1.32. The van der Waals surface area contributed by atoms with Crippen LogP contribution >= 0.6 is 23.5 Å². The van der Waals surface area contributed by atoms with Gasteiger partial charge in [0.2, 0.25) is 17.6 Å². The summed E-state index contributed by atoms with van der Waals surface area (Å²) in [4.78, 5) is 16.5. The lowest BCUT2D eigenvalue weighted by atomic mass is 10.2. The predicted octanol–water partition coefficient (Wildman–Crippen LogP) is 4.38. The number of hydrogen-bond donors (Lipinski definition) is 1. The smallest absolute Gasteiger partial charge is 0.238 e. The summed E-state index contributed by atoms with van der Waals surface area (Å²) in [5.74, 6) is 3.63. The van der Waals surface area contributed by atoms with Gasteiger partial charge in [-0.15, -0.1) is 23.5 Å². The predicted molar refractivity (Wildman–Crippen MR) is 103 cm³/mol.